The summed E-state index contributed by atoms with van der Waals surface area (Å²) < 4.78 is 0. The minimum absolute atomic E-state index is 0.0218. The molecule has 2 unspecified atom stereocenters. The zero-order chi connectivity index (χ0) is 15.5. The quantitative estimate of drug-likeness (QED) is 0.745. The zero-order valence-electron chi connectivity index (χ0n) is 12.2. The summed E-state index contributed by atoms with van der Waals surface area (Å²) in [7, 11) is 0. The first-order valence-electron chi connectivity index (χ1n) is 7.28. The summed E-state index contributed by atoms with van der Waals surface area (Å²) in [4.78, 5) is 23.3. The molecule has 1 saturated carbocycles. The molecule has 1 fully saturated rings. The first-order chi connectivity index (χ1) is 9.93. The van der Waals surface area contributed by atoms with Gasteiger partial charge in [-0.3, -0.25) is 9.59 Å². The minimum atomic E-state index is -0.880. The first kappa shape index (κ1) is 15.5. The van der Waals surface area contributed by atoms with E-state index < -0.39 is 23.5 Å². The number of carboxylic acids is 1. The van der Waals surface area contributed by atoms with E-state index >= 15 is 0 Å². The lowest BCUT2D eigenvalue weighted by Gasteiger charge is -2.42. The molecule has 1 aromatic rings. The smallest absolute Gasteiger partial charge is 0.305 e. The number of nitrogens with two attached hydrogens (primary N) is 1. The first-order valence-corrected chi connectivity index (χ1v) is 7.28. The molecule has 5 nitrogen and oxygen atoms in total. The highest BCUT2D eigenvalue weighted by Crippen LogP contribution is 2.35. The van der Waals surface area contributed by atoms with E-state index in [1.807, 2.05) is 30.3 Å². The Morgan fingerprint density at radius 2 is 1.95 bits per heavy atom. The summed E-state index contributed by atoms with van der Waals surface area (Å²) in [5.74, 6) is -1.46. The van der Waals surface area contributed by atoms with Crippen molar-refractivity contribution in [2.24, 2.45) is 11.7 Å². The van der Waals surface area contributed by atoms with Gasteiger partial charge in [0, 0.05) is 6.04 Å². The number of carbonyl (C=O) groups is 2. The molecule has 1 aromatic carbocycles. The Morgan fingerprint density at radius 3 is 2.43 bits per heavy atom. The van der Waals surface area contributed by atoms with Crippen LogP contribution < -0.4 is 11.1 Å². The second-order valence-corrected chi connectivity index (χ2v) is 5.92. The number of amides is 1. The van der Waals surface area contributed by atoms with Crippen molar-refractivity contribution in [2.75, 3.05) is 0 Å². The lowest BCUT2D eigenvalue weighted by Crippen LogP contribution is -2.56. The molecule has 0 spiro atoms. The molecule has 0 bridgehead atoms. The van der Waals surface area contributed by atoms with Crippen LogP contribution in [0.2, 0.25) is 0 Å². The molecule has 114 valence electrons. The average molecular weight is 290 g/mol. The summed E-state index contributed by atoms with van der Waals surface area (Å²) in [5, 5.41) is 11.9. The summed E-state index contributed by atoms with van der Waals surface area (Å²) in [6.07, 6.45) is 2.37. The molecule has 5 heteroatoms. The van der Waals surface area contributed by atoms with E-state index in [0.717, 1.165) is 24.8 Å². The van der Waals surface area contributed by atoms with Crippen molar-refractivity contribution in [3.05, 3.63) is 35.9 Å². The van der Waals surface area contributed by atoms with E-state index in [-0.39, 0.29) is 12.3 Å². The molecule has 0 radical (unpaired) electrons. The van der Waals surface area contributed by atoms with Gasteiger partial charge in [0.1, 0.15) is 0 Å². The van der Waals surface area contributed by atoms with Gasteiger partial charge >= 0.3 is 5.97 Å². The molecule has 0 aliphatic heterocycles. The van der Waals surface area contributed by atoms with Crippen LogP contribution in [0.15, 0.2) is 30.3 Å². The molecule has 2 atom stereocenters. The fourth-order valence-electron chi connectivity index (χ4n) is 2.74. The van der Waals surface area contributed by atoms with Gasteiger partial charge in [0.05, 0.1) is 17.9 Å². The minimum Gasteiger partial charge on any atom is -0.481 e. The number of hydrogen-bond donors (Lipinski definition) is 3. The zero-order valence-corrected chi connectivity index (χ0v) is 12.2. The Morgan fingerprint density at radius 1 is 1.33 bits per heavy atom. The van der Waals surface area contributed by atoms with E-state index in [4.69, 9.17) is 10.8 Å². The normalized spacial score (nSPS) is 19.1. The third-order valence-electron chi connectivity index (χ3n) is 4.33. The monoisotopic (exact) mass is 290 g/mol. The van der Waals surface area contributed by atoms with Crippen molar-refractivity contribution in [1.82, 2.24) is 5.32 Å². The Bertz CT molecular complexity index is 512. The average Bonchev–Trinajstić information content (AvgIpc) is 2.43. The molecule has 1 aliphatic rings. The van der Waals surface area contributed by atoms with Crippen molar-refractivity contribution in [2.45, 2.75) is 44.2 Å². The fourth-order valence-corrected chi connectivity index (χ4v) is 2.74. The van der Waals surface area contributed by atoms with Crippen LogP contribution in [0.3, 0.4) is 0 Å². The van der Waals surface area contributed by atoms with Crippen LogP contribution in [0, 0.1) is 5.92 Å². The molecule has 1 amide bonds. The van der Waals surface area contributed by atoms with Gasteiger partial charge in [0.15, 0.2) is 0 Å². The topological polar surface area (TPSA) is 92.4 Å². The van der Waals surface area contributed by atoms with Gasteiger partial charge in [-0.25, -0.2) is 0 Å². The predicted octanol–water partition coefficient (Wildman–Crippen LogP) is 1.84. The van der Waals surface area contributed by atoms with E-state index in [1.54, 1.807) is 6.92 Å². The fraction of sp³-hybridized carbons (Fsp3) is 0.500. The van der Waals surface area contributed by atoms with Gasteiger partial charge in [0.25, 0.3) is 0 Å². The summed E-state index contributed by atoms with van der Waals surface area (Å²) in [5.41, 5.74) is 6.47. The molecule has 0 saturated heterocycles. The van der Waals surface area contributed by atoms with Crippen LogP contribution in [0.25, 0.3) is 0 Å². The lowest BCUT2D eigenvalue weighted by atomic mass is 9.74. The van der Waals surface area contributed by atoms with Gasteiger partial charge in [-0.2, -0.15) is 0 Å². The van der Waals surface area contributed by atoms with Crippen LogP contribution >= 0.6 is 0 Å². The van der Waals surface area contributed by atoms with E-state index in [1.165, 1.54) is 0 Å². The second-order valence-electron chi connectivity index (χ2n) is 5.92. The molecular formula is C16H22N2O3. The molecule has 2 rings (SSSR count). The molecule has 0 heterocycles. The molecule has 1 aliphatic carbocycles. The predicted molar refractivity (Wildman–Crippen MR) is 79.5 cm³/mol. The van der Waals surface area contributed by atoms with Crippen molar-refractivity contribution in [3.63, 3.8) is 0 Å². The maximum absolute atomic E-state index is 12.4. The van der Waals surface area contributed by atoms with Gasteiger partial charge < -0.3 is 16.2 Å². The largest absolute Gasteiger partial charge is 0.481 e. The summed E-state index contributed by atoms with van der Waals surface area (Å²) in [6, 6.07) is 9.07. The van der Waals surface area contributed by atoms with Crippen molar-refractivity contribution in [3.8, 4) is 0 Å². The standard InChI is InChI=1S/C16H22N2O3/c1-11(14(17)12-6-3-2-4-7-12)15(21)18-16(8-5-9-16)10-13(19)20/h2-4,6-7,11,14H,5,8-10,17H2,1H3,(H,18,21)(H,19,20). The van der Waals surface area contributed by atoms with Crippen LogP contribution in [0.1, 0.15) is 44.2 Å². The molecule has 4 N–H and O–H groups in total. The Balaban J connectivity index is 2.00. The lowest BCUT2D eigenvalue weighted by molar-refractivity contribution is -0.140. The number of hydrogen-bond acceptors (Lipinski definition) is 3. The maximum Gasteiger partial charge on any atom is 0.305 e. The van der Waals surface area contributed by atoms with Crippen LogP contribution in [0.5, 0.6) is 0 Å². The van der Waals surface area contributed by atoms with Crippen LogP contribution in [-0.4, -0.2) is 22.5 Å². The number of rotatable bonds is 6. The van der Waals surface area contributed by atoms with Gasteiger partial charge in [-0.15, -0.1) is 0 Å². The van der Waals surface area contributed by atoms with Crippen molar-refractivity contribution < 1.29 is 14.7 Å². The maximum atomic E-state index is 12.4. The van der Waals surface area contributed by atoms with Crippen LogP contribution in [0.4, 0.5) is 0 Å². The molecule has 21 heavy (non-hydrogen) atoms. The highest BCUT2D eigenvalue weighted by molar-refractivity contribution is 5.81. The van der Waals surface area contributed by atoms with Crippen LogP contribution in [-0.2, 0) is 9.59 Å². The number of aliphatic carboxylic acids is 1. The molecule has 0 aromatic heterocycles. The van der Waals surface area contributed by atoms with E-state index in [9.17, 15) is 9.59 Å². The van der Waals surface area contributed by atoms with Gasteiger partial charge in [0.2, 0.25) is 5.91 Å². The SMILES string of the molecule is CC(C(=O)NC1(CC(=O)O)CCC1)C(N)c1ccccc1. The summed E-state index contributed by atoms with van der Waals surface area (Å²) in [6.45, 7) is 1.78. The van der Waals surface area contributed by atoms with Gasteiger partial charge in [-0.1, -0.05) is 37.3 Å². The Kier molecular flexibility index (Phi) is 4.63. The molecular weight excluding hydrogens is 268 g/mol. The number of nitrogens with one attached hydrogen (secondary N) is 1. The van der Waals surface area contributed by atoms with Crippen molar-refractivity contribution >= 4 is 11.9 Å². The Labute approximate surface area is 124 Å². The third kappa shape index (κ3) is 3.61. The van der Waals surface area contributed by atoms with Gasteiger partial charge in [-0.05, 0) is 24.8 Å². The number of benzene rings is 1. The van der Waals surface area contributed by atoms with E-state index in [2.05, 4.69) is 5.32 Å². The second kappa shape index (κ2) is 6.26. The van der Waals surface area contributed by atoms with E-state index in [0.29, 0.717) is 0 Å². The summed E-state index contributed by atoms with van der Waals surface area (Å²) >= 11 is 0. The number of carboxylic acid groups (broad SMARTS) is 1. The highest BCUT2D eigenvalue weighted by Gasteiger charge is 2.41. The highest BCUT2D eigenvalue weighted by atomic mass is 16.4. The van der Waals surface area contributed by atoms with Crippen molar-refractivity contribution in [1.29, 1.82) is 0 Å². The number of carbonyl (C=O) groups excluding carboxylic acids is 1. The third-order valence-corrected chi connectivity index (χ3v) is 4.33. The Hall–Kier alpha value is -1.88.